The van der Waals surface area contributed by atoms with Gasteiger partial charge in [0.2, 0.25) is 0 Å². The van der Waals surface area contributed by atoms with E-state index in [0.29, 0.717) is 25.4 Å². The van der Waals surface area contributed by atoms with Crippen LogP contribution in [0, 0.1) is 0 Å². The summed E-state index contributed by atoms with van der Waals surface area (Å²) in [6, 6.07) is 10.1. The second-order valence-corrected chi connectivity index (χ2v) is 6.37. The van der Waals surface area contributed by atoms with Crippen molar-refractivity contribution in [2.24, 2.45) is 0 Å². The highest BCUT2D eigenvalue weighted by molar-refractivity contribution is 6.07. The molecule has 1 aromatic rings. The Hall–Kier alpha value is -2.01. The molecule has 0 radical (unpaired) electrons. The van der Waals surface area contributed by atoms with Gasteiger partial charge in [-0.15, -0.1) is 0 Å². The molecule has 3 rings (SSSR count). The third-order valence-electron chi connectivity index (χ3n) is 4.29. The highest BCUT2D eigenvalue weighted by Crippen LogP contribution is 2.22. The highest BCUT2D eigenvalue weighted by atomic mass is 16.7. The van der Waals surface area contributed by atoms with Gasteiger partial charge in [-0.1, -0.05) is 43.0 Å². The maximum Gasteiger partial charge on any atom is 0.185 e. The summed E-state index contributed by atoms with van der Waals surface area (Å²) in [5.74, 6) is -0.0479. The molecular weight excluding hydrogens is 316 g/mol. The second-order valence-electron chi connectivity index (χ2n) is 6.37. The Morgan fingerprint density at radius 1 is 1.12 bits per heavy atom. The van der Waals surface area contributed by atoms with Crippen LogP contribution in [-0.2, 0) is 25.6 Å². The van der Waals surface area contributed by atoms with Crippen LogP contribution >= 0.6 is 0 Å². The topological polar surface area (TPSA) is 44.8 Å². The van der Waals surface area contributed by atoms with Gasteiger partial charge >= 0.3 is 0 Å². The van der Waals surface area contributed by atoms with Gasteiger partial charge < -0.3 is 14.2 Å². The van der Waals surface area contributed by atoms with Crippen molar-refractivity contribution in [1.82, 2.24) is 0 Å². The van der Waals surface area contributed by atoms with Crippen LogP contribution in [0.25, 0.3) is 0 Å². The van der Waals surface area contributed by atoms with E-state index in [0.717, 1.165) is 30.4 Å². The Bertz CT molecular complexity index is 660. The Morgan fingerprint density at radius 3 is 2.76 bits per heavy atom. The number of carbonyl (C=O) groups is 1. The zero-order valence-electron chi connectivity index (χ0n) is 14.4. The van der Waals surface area contributed by atoms with Crippen LogP contribution in [0.1, 0.15) is 24.8 Å². The summed E-state index contributed by atoms with van der Waals surface area (Å²) in [6.07, 6.45) is 7.85. The molecule has 2 atom stereocenters. The second kappa shape index (κ2) is 8.90. The van der Waals surface area contributed by atoms with E-state index in [1.165, 1.54) is 6.08 Å². The monoisotopic (exact) mass is 340 g/mol. The summed E-state index contributed by atoms with van der Waals surface area (Å²) in [5, 5.41) is 0. The van der Waals surface area contributed by atoms with Gasteiger partial charge in [0.15, 0.2) is 12.1 Å². The first-order valence-electron chi connectivity index (χ1n) is 8.71. The SMILES string of the molecule is C=C1C=C(COC2CCCC(COCc3ccccc3)O2)C=CC1=O. The summed E-state index contributed by atoms with van der Waals surface area (Å²) >= 11 is 0. The van der Waals surface area contributed by atoms with Gasteiger partial charge in [0.1, 0.15) is 0 Å². The number of ether oxygens (including phenoxy) is 3. The molecule has 0 aromatic heterocycles. The predicted octanol–water partition coefficient (Wildman–Crippen LogP) is 3.74. The van der Waals surface area contributed by atoms with Crippen molar-refractivity contribution >= 4 is 5.78 Å². The number of benzene rings is 1. The van der Waals surface area contributed by atoms with E-state index in [2.05, 4.69) is 18.7 Å². The average molecular weight is 340 g/mol. The first-order valence-corrected chi connectivity index (χ1v) is 8.71. The molecule has 4 nitrogen and oxygen atoms in total. The van der Waals surface area contributed by atoms with Crippen LogP contribution in [0.15, 0.2) is 66.3 Å². The summed E-state index contributed by atoms with van der Waals surface area (Å²) < 4.78 is 17.6. The number of hydrogen-bond acceptors (Lipinski definition) is 4. The Labute approximate surface area is 148 Å². The third-order valence-corrected chi connectivity index (χ3v) is 4.29. The molecule has 1 aliphatic carbocycles. The summed E-state index contributed by atoms with van der Waals surface area (Å²) in [6.45, 7) is 5.32. The smallest absolute Gasteiger partial charge is 0.185 e. The quantitative estimate of drug-likeness (QED) is 0.710. The van der Waals surface area contributed by atoms with Gasteiger partial charge in [-0.25, -0.2) is 0 Å². The fourth-order valence-electron chi connectivity index (χ4n) is 2.90. The molecule has 1 heterocycles. The van der Waals surface area contributed by atoms with E-state index in [4.69, 9.17) is 14.2 Å². The van der Waals surface area contributed by atoms with Gasteiger partial charge in [-0.05, 0) is 42.6 Å². The summed E-state index contributed by atoms with van der Waals surface area (Å²) in [4.78, 5) is 11.4. The van der Waals surface area contributed by atoms with E-state index in [1.807, 2.05) is 18.2 Å². The molecule has 0 amide bonds. The molecule has 1 aliphatic heterocycles. The Morgan fingerprint density at radius 2 is 1.96 bits per heavy atom. The van der Waals surface area contributed by atoms with Crippen LogP contribution in [0.3, 0.4) is 0 Å². The van der Waals surface area contributed by atoms with Crippen LogP contribution in [0.4, 0.5) is 0 Å². The van der Waals surface area contributed by atoms with Gasteiger partial charge in [0.25, 0.3) is 0 Å². The normalized spacial score (nSPS) is 23.6. The summed E-state index contributed by atoms with van der Waals surface area (Å²) in [7, 11) is 0. The number of ketones is 1. The Balaban J connectivity index is 1.39. The fraction of sp³-hybridized carbons (Fsp3) is 0.381. The molecule has 25 heavy (non-hydrogen) atoms. The zero-order valence-corrected chi connectivity index (χ0v) is 14.4. The molecule has 0 saturated carbocycles. The maximum atomic E-state index is 11.4. The van der Waals surface area contributed by atoms with Crippen molar-refractivity contribution in [1.29, 1.82) is 0 Å². The zero-order chi connectivity index (χ0) is 17.5. The lowest BCUT2D eigenvalue weighted by molar-refractivity contribution is -0.201. The molecule has 2 aliphatic rings. The van der Waals surface area contributed by atoms with Gasteiger partial charge in [-0.2, -0.15) is 0 Å². The van der Waals surface area contributed by atoms with E-state index < -0.39 is 0 Å². The molecule has 2 unspecified atom stereocenters. The number of rotatable bonds is 7. The lowest BCUT2D eigenvalue weighted by Crippen LogP contribution is -2.33. The minimum absolute atomic E-state index is 0.0479. The molecule has 4 heteroatoms. The van der Waals surface area contributed by atoms with E-state index in [-0.39, 0.29) is 18.2 Å². The third kappa shape index (κ3) is 5.49. The molecule has 132 valence electrons. The van der Waals surface area contributed by atoms with Crippen molar-refractivity contribution < 1.29 is 19.0 Å². The molecule has 0 bridgehead atoms. The standard InChI is InChI=1S/C21H24O4/c1-16-12-18(10-11-20(16)22)14-24-21-9-5-8-19(25-21)15-23-13-17-6-3-2-4-7-17/h2-4,6-7,10-12,19,21H,1,5,8-9,13-15H2. The molecule has 1 saturated heterocycles. The highest BCUT2D eigenvalue weighted by Gasteiger charge is 2.23. The van der Waals surface area contributed by atoms with Crippen molar-refractivity contribution in [2.45, 2.75) is 38.3 Å². The number of carbonyl (C=O) groups excluding carboxylic acids is 1. The number of allylic oxidation sites excluding steroid dienone is 3. The van der Waals surface area contributed by atoms with Crippen LogP contribution < -0.4 is 0 Å². The minimum Gasteiger partial charge on any atom is -0.374 e. The van der Waals surface area contributed by atoms with E-state index in [9.17, 15) is 4.79 Å². The maximum absolute atomic E-state index is 11.4. The minimum atomic E-state index is -0.223. The van der Waals surface area contributed by atoms with Crippen molar-refractivity contribution in [2.75, 3.05) is 13.2 Å². The van der Waals surface area contributed by atoms with Crippen LogP contribution in [0.2, 0.25) is 0 Å². The van der Waals surface area contributed by atoms with Gasteiger partial charge in [0, 0.05) is 5.57 Å². The van der Waals surface area contributed by atoms with E-state index >= 15 is 0 Å². The Kier molecular flexibility index (Phi) is 6.34. The lowest BCUT2D eigenvalue weighted by Gasteiger charge is -2.30. The fourth-order valence-corrected chi connectivity index (χ4v) is 2.90. The van der Waals surface area contributed by atoms with Gasteiger partial charge in [-0.3, -0.25) is 4.79 Å². The molecular formula is C21H24O4. The van der Waals surface area contributed by atoms with Gasteiger partial charge in [0.05, 0.1) is 25.9 Å². The van der Waals surface area contributed by atoms with Crippen molar-refractivity contribution in [3.8, 4) is 0 Å². The number of hydrogen-bond donors (Lipinski definition) is 0. The van der Waals surface area contributed by atoms with Crippen molar-refractivity contribution in [3.05, 3.63) is 71.8 Å². The molecule has 1 aromatic carbocycles. The van der Waals surface area contributed by atoms with Crippen LogP contribution in [0.5, 0.6) is 0 Å². The first-order chi connectivity index (χ1) is 12.2. The predicted molar refractivity (Wildman–Crippen MR) is 95.9 cm³/mol. The van der Waals surface area contributed by atoms with Crippen LogP contribution in [-0.4, -0.2) is 31.4 Å². The largest absolute Gasteiger partial charge is 0.374 e. The molecule has 0 N–H and O–H groups in total. The molecule has 0 spiro atoms. The average Bonchev–Trinajstić information content (AvgIpc) is 2.64. The summed E-state index contributed by atoms with van der Waals surface area (Å²) in [5.41, 5.74) is 2.60. The lowest BCUT2D eigenvalue weighted by atomic mass is 10.0. The molecule has 1 fully saturated rings. The van der Waals surface area contributed by atoms with Crippen molar-refractivity contribution in [3.63, 3.8) is 0 Å². The van der Waals surface area contributed by atoms with E-state index in [1.54, 1.807) is 12.2 Å². The first kappa shape index (κ1) is 17.8.